The van der Waals surface area contributed by atoms with Gasteiger partial charge in [0.1, 0.15) is 11.6 Å². The third-order valence-corrected chi connectivity index (χ3v) is 5.58. The molecule has 0 aromatic carbocycles. The molecule has 1 heterocycles. The maximum absolute atomic E-state index is 11.9. The maximum atomic E-state index is 11.9. The minimum Gasteiger partial charge on any atom is -0.382 e. The average Bonchev–Trinajstić information content (AvgIpc) is 3.05. The van der Waals surface area contributed by atoms with Gasteiger partial charge >= 0.3 is 0 Å². The molecule has 160 valence electrons. The highest BCUT2D eigenvalue weighted by molar-refractivity contribution is 14.0. The Morgan fingerprint density at radius 2 is 2.04 bits per heavy atom. The molecule has 1 aromatic heterocycles. The molecule has 0 radical (unpaired) electrons. The molecule has 0 bridgehead atoms. The van der Waals surface area contributed by atoms with Gasteiger partial charge < -0.3 is 19.9 Å². The summed E-state index contributed by atoms with van der Waals surface area (Å²) in [7, 11) is 5.49. The Labute approximate surface area is 190 Å². The molecule has 1 amide bonds. The topological polar surface area (TPSA) is 70.1 Å². The quantitative estimate of drug-likeness (QED) is 0.233. The second-order valence-corrected chi connectivity index (χ2v) is 8.11. The fourth-order valence-corrected chi connectivity index (χ4v) is 4.08. The van der Waals surface area contributed by atoms with Crippen molar-refractivity contribution in [2.75, 3.05) is 47.4 Å². The summed E-state index contributed by atoms with van der Waals surface area (Å²) in [5.41, 5.74) is 1.28. The molecule has 28 heavy (non-hydrogen) atoms. The van der Waals surface area contributed by atoms with Gasteiger partial charge in [0, 0.05) is 45.8 Å². The number of fused-ring (bicyclic) bond motifs is 1. The Hall–Kier alpha value is -0.940. The smallest absolute Gasteiger partial charge is 0.243 e. The van der Waals surface area contributed by atoms with Gasteiger partial charge in [0.05, 0.1) is 12.2 Å². The maximum Gasteiger partial charge on any atom is 0.243 e. The van der Waals surface area contributed by atoms with E-state index in [4.69, 9.17) is 9.72 Å². The lowest BCUT2D eigenvalue weighted by molar-refractivity contribution is -0.127. The second-order valence-electron chi connectivity index (χ2n) is 6.95. The van der Waals surface area contributed by atoms with E-state index in [0.29, 0.717) is 6.54 Å². The van der Waals surface area contributed by atoms with Gasteiger partial charge in [-0.05, 0) is 39.0 Å². The van der Waals surface area contributed by atoms with E-state index in [1.807, 2.05) is 30.2 Å². The zero-order valence-electron chi connectivity index (χ0n) is 17.5. The van der Waals surface area contributed by atoms with Crippen LogP contribution in [0.3, 0.4) is 0 Å². The van der Waals surface area contributed by atoms with Crippen LogP contribution in [0.4, 0.5) is 0 Å². The van der Waals surface area contributed by atoms with Gasteiger partial charge in [0.2, 0.25) is 5.91 Å². The minimum absolute atomic E-state index is 0. The highest BCUT2D eigenvalue weighted by Crippen LogP contribution is 2.27. The minimum atomic E-state index is -0.0123. The van der Waals surface area contributed by atoms with E-state index in [1.165, 1.54) is 23.4 Å². The van der Waals surface area contributed by atoms with Crippen LogP contribution in [0.1, 0.15) is 41.8 Å². The number of amides is 1. The molecule has 1 aliphatic carbocycles. The van der Waals surface area contributed by atoms with E-state index >= 15 is 0 Å². The predicted octanol–water partition coefficient (Wildman–Crippen LogP) is 2.53. The molecule has 0 unspecified atom stereocenters. The number of aliphatic imine (C=N–C) groups is 1. The standard InChI is InChI=1S/C19H33N5O2S.HI/c1-5-26-12-8-11-20-19(21-13-18(25)23(2)3)24(4)14-17-22-15-9-6-7-10-16(15)27-17;/h5-14H2,1-4H3,(H,20,21);1H. The van der Waals surface area contributed by atoms with Gasteiger partial charge in [0.15, 0.2) is 5.96 Å². The van der Waals surface area contributed by atoms with Crippen LogP contribution in [0, 0.1) is 0 Å². The Kier molecular flexibility index (Phi) is 11.9. The molecule has 0 saturated carbocycles. The van der Waals surface area contributed by atoms with E-state index in [0.717, 1.165) is 50.0 Å². The van der Waals surface area contributed by atoms with E-state index in [9.17, 15) is 4.79 Å². The van der Waals surface area contributed by atoms with Crippen molar-refractivity contribution in [1.82, 2.24) is 20.1 Å². The third kappa shape index (κ3) is 8.20. The molecular weight excluding hydrogens is 489 g/mol. The van der Waals surface area contributed by atoms with Crippen LogP contribution in [0.25, 0.3) is 0 Å². The van der Waals surface area contributed by atoms with Gasteiger partial charge in [-0.25, -0.2) is 9.98 Å². The normalized spacial score (nSPS) is 13.5. The number of rotatable bonds is 9. The van der Waals surface area contributed by atoms with Crippen LogP contribution >= 0.6 is 35.3 Å². The number of ether oxygens (including phenoxy) is 1. The summed E-state index contributed by atoms with van der Waals surface area (Å²) >= 11 is 1.81. The number of halogens is 1. The van der Waals surface area contributed by atoms with Crippen molar-refractivity contribution >= 4 is 47.2 Å². The summed E-state index contributed by atoms with van der Waals surface area (Å²) in [5.74, 6) is 0.719. The first kappa shape index (κ1) is 25.1. The second kappa shape index (κ2) is 13.3. The highest BCUT2D eigenvalue weighted by Gasteiger charge is 2.17. The average molecular weight is 523 g/mol. The summed E-state index contributed by atoms with van der Waals surface area (Å²) in [6.45, 7) is 5.04. The molecule has 1 aliphatic rings. The van der Waals surface area contributed by atoms with Gasteiger partial charge in [-0.1, -0.05) is 0 Å². The third-order valence-electron chi connectivity index (χ3n) is 4.44. The molecule has 2 rings (SSSR count). The first-order valence-electron chi connectivity index (χ1n) is 9.76. The molecule has 0 fully saturated rings. The van der Waals surface area contributed by atoms with E-state index in [2.05, 4.69) is 10.3 Å². The van der Waals surface area contributed by atoms with Crippen molar-refractivity contribution < 1.29 is 9.53 Å². The molecular formula is C19H34IN5O2S. The number of thiazole rings is 1. The van der Waals surface area contributed by atoms with Gasteiger partial charge in [-0.2, -0.15) is 0 Å². The summed E-state index contributed by atoms with van der Waals surface area (Å²) in [6.07, 6.45) is 5.67. The van der Waals surface area contributed by atoms with Gasteiger partial charge in [-0.3, -0.25) is 4.79 Å². The van der Waals surface area contributed by atoms with Gasteiger partial charge in [0.25, 0.3) is 0 Å². The molecule has 0 atom stereocenters. The summed E-state index contributed by atoms with van der Waals surface area (Å²) in [5, 5.41) is 4.47. The number of likely N-dealkylation sites (N-methyl/N-ethyl adjacent to an activating group) is 1. The van der Waals surface area contributed by atoms with Crippen molar-refractivity contribution in [3.05, 3.63) is 15.6 Å². The monoisotopic (exact) mass is 523 g/mol. The van der Waals surface area contributed by atoms with Crippen molar-refractivity contribution in [3.8, 4) is 0 Å². The predicted molar refractivity (Wildman–Crippen MR) is 126 cm³/mol. The first-order chi connectivity index (χ1) is 13.0. The number of carbonyl (C=O) groups excluding carboxylic acids is 1. The van der Waals surface area contributed by atoms with Crippen molar-refractivity contribution in [1.29, 1.82) is 0 Å². The number of hydrogen-bond acceptors (Lipinski definition) is 5. The zero-order valence-corrected chi connectivity index (χ0v) is 20.6. The Balaban J connectivity index is 0.00000392. The van der Waals surface area contributed by atoms with E-state index < -0.39 is 0 Å². The lowest BCUT2D eigenvalue weighted by Crippen LogP contribution is -2.40. The Bertz CT molecular complexity index is 612. The highest BCUT2D eigenvalue weighted by atomic mass is 127. The zero-order chi connectivity index (χ0) is 19.6. The van der Waals surface area contributed by atoms with Crippen LogP contribution in [-0.4, -0.2) is 74.1 Å². The molecule has 7 nitrogen and oxygen atoms in total. The number of carbonyl (C=O) groups is 1. The molecule has 0 aliphatic heterocycles. The number of hydrogen-bond donors (Lipinski definition) is 1. The fourth-order valence-electron chi connectivity index (χ4n) is 2.87. The van der Waals surface area contributed by atoms with E-state index in [-0.39, 0.29) is 36.4 Å². The van der Waals surface area contributed by atoms with Crippen molar-refractivity contribution in [2.24, 2.45) is 4.99 Å². The summed E-state index contributed by atoms with van der Waals surface area (Å²) in [4.78, 5) is 26.3. The van der Waals surface area contributed by atoms with Crippen LogP contribution in [0.15, 0.2) is 4.99 Å². The molecule has 0 spiro atoms. The van der Waals surface area contributed by atoms with Gasteiger partial charge in [-0.15, -0.1) is 35.3 Å². The van der Waals surface area contributed by atoms with Crippen LogP contribution < -0.4 is 5.32 Å². The lowest BCUT2D eigenvalue weighted by Gasteiger charge is -2.22. The largest absolute Gasteiger partial charge is 0.382 e. The Morgan fingerprint density at radius 1 is 1.29 bits per heavy atom. The number of nitrogens with zero attached hydrogens (tertiary/aromatic N) is 4. The number of aromatic nitrogens is 1. The number of nitrogens with one attached hydrogen (secondary N) is 1. The van der Waals surface area contributed by atoms with Crippen molar-refractivity contribution in [2.45, 2.75) is 45.6 Å². The number of aryl methyl sites for hydroxylation is 2. The van der Waals surface area contributed by atoms with Crippen LogP contribution in [-0.2, 0) is 28.9 Å². The molecule has 0 saturated heterocycles. The van der Waals surface area contributed by atoms with Crippen LogP contribution in [0.2, 0.25) is 0 Å². The molecule has 9 heteroatoms. The van der Waals surface area contributed by atoms with Crippen molar-refractivity contribution in [3.63, 3.8) is 0 Å². The summed E-state index contributed by atoms with van der Waals surface area (Å²) < 4.78 is 5.39. The fraction of sp³-hybridized carbons (Fsp3) is 0.737. The summed E-state index contributed by atoms with van der Waals surface area (Å²) in [6, 6.07) is 0. The SMILES string of the molecule is CCOCCCNC(=NCC(=O)N(C)C)N(C)Cc1nc2c(s1)CCCC2.I. The first-order valence-corrected chi connectivity index (χ1v) is 10.6. The molecule has 1 aromatic rings. The van der Waals surface area contributed by atoms with E-state index in [1.54, 1.807) is 19.0 Å². The van der Waals surface area contributed by atoms with Crippen LogP contribution in [0.5, 0.6) is 0 Å². The lowest BCUT2D eigenvalue weighted by atomic mass is 10.0. The molecule has 1 N–H and O–H groups in total. The Morgan fingerprint density at radius 3 is 2.71 bits per heavy atom. The number of guanidine groups is 1.